The van der Waals surface area contributed by atoms with Crippen LogP contribution in [0, 0.1) is 6.92 Å². The second-order valence-electron chi connectivity index (χ2n) is 5.96. The fourth-order valence-electron chi connectivity index (χ4n) is 3.49. The van der Waals surface area contributed by atoms with Crippen molar-refractivity contribution in [1.29, 1.82) is 0 Å². The summed E-state index contributed by atoms with van der Waals surface area (Å²) in [6.45, 7) is 6.95. The Hall–Kier alpha value is -1.80. The molecule has 1 nitrogen and oxygen atoms in total. The van der Waals surface area contributed by atoms with Crippen LogP contribution in [-0.2, 0) is 6.42 Å². The van der Waals surface area contributed by atoms with Gasteiger partial charge in [-0.05, 0) is 30.2 Å². The SMILES string of the molecule is Cc1ccc2c(c1)c1c(n2[Si](C)C)-c2ccccc2C1. The van der Waals surface area contributed by atoms with Gasteiger partial charge in [-0.1, -0.05) is 49.0 Å². The average molecular weight is 276 g/mol. The quantitative estimate of drug-likeness (QED) is 0.447. The van der Waals surface area contributed by atoms with Crippen molar-refractivity contribution in [2.75, 3.05) is 0 Å². The molecule has 4 rings (SSSR count). The summed E-state index contributed by atoms with van der Waals surface area (Å²) < 4.78 is 2.61. The van der Waals surface area contributed by atoms with Gasteiger partial charge < -0.3 is 4.23 Å². The molecule has 1 radical (unpaired) electrons. The number of hydrogen-bond acceptors (Lipinski definition) is 0. The van der Waals surface area contributed by atoms with E-state index in [1.165, 1.54) is 38.9 Å². The number of aryl methyl sites for hydroxylation is 1. The van der Waals surface area contributed by atoms with E-state index in [4.69, 9.17) is 0 Å². The zero-order chi connectivity index (χ0) is 13.9. The Labute approximate surface area is 121 Å². The second kappa shape index (κ2) is 4.09. The van der Waals surface area contributed by atoms with E-state index in [1.54, 1.807) is 0 Å². The predicted molar refractivity (Wildman–Crippen MR) is 87.8 cm³/mol. The van der Waals surface area contributed by atoms with Crippen molar-refractivity contribution in [3.05, 3.63) is 59.2 Å². The zero-order valence-corrected chi connectivity index (χ0v) is 13.2. The molecule has 1 aliphatic rings. The highest BCUT2D eigenvalue weighted by Crippen LogP contribution is 2.43. The lowest BCUT2D eigenvalue weighted by Gasteiger charge is -2.13. The van der Waals surface area contributed by atoms with Crippen molar-refractivity contribution < 1.29 is 0 Å². The molecular weight excluding hydrogens is 258 g/mol. The summed E-state index contributed by atoms with van der Waals surface area (Å²) >= 11 is 0. The maximum Gasteiger partial charge on any atom is 0.169 e. The van der Waals surface area contributed by atoms with Crippen LogP contribution in [0.4, 0.5) is 0 Å². The van der Waals surface area contributed by atoms with Crippen LogP contribution in [0.3, 0.4) is 0 Å². The minimum Gasteiger partial charge on any atom is -0.368 e. The van der Waals surface area contributed by atoms with Gasteiger partial charge in [0.05, 0.1) is 0 Å². The van der Waals surface area contributed by atoms with Crippen molar-refractivity contribution in [2.24, 2.45) is 0 Å². The molecule has 0 fully saturated rings. The lowest BCUT2D eigenvalue weighted by Crippen LogP contribution is -2.16. The number of hydrogen-bond donors (Lipinski definition) is 0. The van der Waals surface area contributed by atoms with Crippen LogP contribution >= 0.6 is 0 Å². The Balaban J connectivity index is 2.15. The third-order valence-corrected chi connectivity index (χ3v) is 5.67. The minimum atomic E-state index is -0.556. The molecule has 20 heavy (non-hydrogen) atoms. The van der Waals surface area contributed by atoms with Gasteiger partial charge in [-0.25, -0.2) is 0 Å². The minimum absolute atomic E-state index is 0.556. The van der Waals surface area contributed by atoms with Crippen LogP contribution in [0.2, 0.25) is 13.1 Å². The van der Waals surface area contributed by atoms with Gasteiger partial charge in [0.25, 0.3) is 0 Å². The molecule has 0 saturated carbocycles. The first-order chi connectivity index (χ1) is 9.66. The molecule has 0 amide bonds. The highest BCUT2D eigenvalue weighted by Gasteiger charge is 2.27. The van der Waals surface area contributed by atoms with Crippen molar-refractivity contribution in [3.63, 3.8) is 0 Å². The third-order valence-electron chi connectivity index (χ3n) is 4.31. The monoisotopic (exact) mass is 276 g/mol. The number of aromatic nitrogens is 1. The smallest absolute Gasteiger partial charge is 0.169 e. The lowest BCUT2D eigenvalue weighted by molar-refractivity contribution is 1.25. The lowest BCUT2D eigenvalue weighted by atomic mass is 10.1. The van der Waals surface area contributed by atoms with Crippen molar-refractivity contribution in [2.45, 2.75) is 26.4 Å². The predicted octanol–water partition coefficient (Wildman–Crippen LogP) is 4.62. The molecule has 0 atom stereocenters. The van der Waals surface area contributed by atoms with Crippen LogP contribution in [0.5, 0.6) is 0 Å². The van der Waals surface area contributed by atoms with Gasteiger partial charge in [-0.15, -0.1) is 0 Å². The van der Waals surface area contributed by atoms with E-state index in [-0.39, 0.29) is 0 Å². The molecule has 99 valence electrons. The summed E-state index contributed by atoms with van der Waals surface area (Å²) in [5, 5.41) is 1.46. The molecule has 1 aromatic heterocycles. The molecular formula is C18H18NSi. The molecule has 3 aromatic rings. The summed E-state index contributed by atoms with van der Waals surface area (Å²) in [4.78, 5) is 0. The Morgan fingerprint density at radius 2 is 1.85 bits per heavy atom. The average Bonchev–Trinajstić information content (AvgIpc) is 2.93. The maximum atomic E-state index is 2.61. The van der Waals surface area contributed by atoms with E-state index < -0.39 is 8.96 Å². The van der Waals surface area contributed by atoms with Crippen molar-refractivity contribution >= 4 is 19.9 Å². The molecule has 0 saturated heterocycles. The highest BCUT2D eigenvalue weighted by atomic mass is 28.3. The summed E-state index contributed by atoms with van der Waals surface area (Å²) in [5.41, 5.74) is 8.74. The molecule has 0 bridgehead atoms. The van der Waals surface area contributed by atoms with Gasteiger partial charge in [0.1, 0.15) is 0 Å². The second-order valence-corrected chi connectivity index (χ2v) is 8.31. The van der Waals surface area contributed by atoms with E-state index in [0.29, 0.717) is 0 Å². The molecule has 0 N–H and O–H groups in total. The normalized spacial score (nSPS) is 13.0. The topological polar surface area (TPSA) is 4.93 Å². The van der Waals surface area contributed by atoms with Gasteiger partial charge in [0.2, 0.25) is 0 Å². The van der Waals surface area contributed by atoms with Gasteiger partial charge in [0.15, 0.2) is 8.96 Å². The Bertz CT molecular complexity index is 827. The largest absolute Gasteiger partial charge is 0.368 e. The Morgan fingerprint density at radius 3 is 2.65 bits per heavy atom. The third kappa shape index (κ3) is 1.48. The maximum absolute atomic E-state index is 2.61. The summed E-state index contributed by atoms with van der Waals surface area (Å²) in [6, 6.07) is 15.8. The molecule has 2 heteroatoms. The van der Waals surface area contributed by atoms with Crippen molar-refractivity contribution in [1.82, 2.24) is 4.23 Å². The van der Waals surface area contributed by atoms with Crippen LogP contribution < -0.4 is 0 Å². The van der Waals surface area contributed by atoms with Crippen LogP contribution in [0.1, 0.15) is 16.7 Å². The molecule has 1 heterocycles. The fraction of sp³-hybridized carbons (Fsp3) is 0.222. The highest BCUT2D eigenvalue weighted by molar-refractivity contribution is 6.56. The van der Waals surface area contributed by atoms with E-state index in [2.05, 4.69) is 66.7 Å². The first kappa shape index (κ1) is 12.0. The van der Waals surface area contributed by atoms with Crippen LogP contribution in [0.15, 0.2) is 42.5 Å². The number of nitrogens with zero attached hydrogens (tertiary/aromatic N) is 1. The Morgan fingerprint density at radius 1 is 1.05 bits per heavy atom. The van der Waals surface area contributed by atoms with Gasteiger partial charge in [-0.2, -0.15) is 0 Å². The van der Waals surface area contributed by atoms with Crippen LogP contribution in [0.25, 0.3) is 22.2 Å². The molecule has 0 spiro atoms. The van der Waals surface area contributed by atoms with E-state index in [0.717, 1.165) is 6.42 Å². The number of rotatable bonds is 1. The van der Waals surface area contributed by atoms with Gasteiger partial charge in [-0.3, -0.25) is 0 Å². The molecule has 2 aromatic carbocycles. The first-order valence-electron chi connectivity index (χ1n) is 7.19. The standard InChI is InChI=1S/C18H18NSi/c1-12-8-9-17-15(10-12)16-11-13-6-4-5-7-14(13)18(16)19(17)20(2)3/h4-10H,11H2,1-3H3. The molecule has 0 aliphatic heterocycles. The van der Waals surface area contributed by atoms with E-state index in [9.17, 15) is 0 Å². The van der Waals surface area contributed by atoms with Gasteiger partial charge in [0, 0.05) is 28.6 Å². The van der Waals surface area contributed by atoms with Crippen LogP contribution in [-0.4, -0.2) is 13.2 Å². The Kier molecular flexibility index (Phi) is 2.45. The van der Waals surface area contributed by atoms with E-state index >= 15 is 0 Å². The molecule has 1 aliphatic carbocycles. The van der Waals surface area contributed by atoms with Gasteiger partial charge >= 0.3 is 0 Å². The fourth-order valence-corrected chi connectivity index (χ4v) is 4.87. The van der Waals surface area contributed by atoms with E-state index in [1.807, 2.05) is 0 Å². The number of benzene rings is 2. The zero-order valence-electron chi connectivity index (χ0n) is 12.2. The molecule has 0 unspecified atom stereocenters. The summed E-state index contributed by atoms with van der Waals surface area (Å²) in [7, 11) is -0.556. The van der Waals surface area contributed by atoms with Crippen molar-refractivity contribution in [3.8, 4) is 11.3 Å². The number of fused-ring (bicyclic) bond motifs is 5. The first-order valence-corrected chi connectivity index (χ1v) is 9.64. The summed E-state index contributed by atoms with van der Waals surface area (Å²) in [6.07, 6.45) is 1.09. The summed E-state index contributed by atoms with van der Waals surface area (Å²) in [5.74, 6) is 0.